The van der Waals surface area contributed by atoms with Crippen LogP contribution in [0.3, 0.4) is 0 Å². The molecule has 3 fully saturated rings. The number of piperazine rings is 1. The molecule has 3 saturated heterocycles. The van der Waals surface area contributed by atoms with Gasteiger partial charge in [-0.25, -0.2) is 9.59 Å². The van der Waals surface area contributed by atoms with E-state index in [0.29, 0.717) is 51.3 Å². The minimum absolute atomic E-state index is 0.0489. The van der Waals surface area contributed by atoms with Crippen molar-refractivity contribution in [2.45, 2.75) is 30.7 Å². The monoisotopic (exact) mass is 465 g/mol. The second-order valence-corrected chi connectivity index (χ2v) is 9.64. The van der Waals surface area contributed by atoms with E-state index in [-0.39, 0.29) is 28.6 Å². The molecule has 3 aliphatic heterocycles. The van der Waals surface area contributed by atoms with Crippen LogP contribution in [0.5, 0.6) is 0 Å². The molecule has 0 aliphatic carbocycles. The van der Waals surface area contributed by atoms with E-state index in [1.165, 1.54) is 12.1 Å². The van der Waals surface area contributed by atoms with Crippen LogP contribution in [0.15, 0.2) is 48.5 Å². The molecule has 9 nitrogen and oxygen atoms in total. The minimum atomic E-state index is -1.07. The van der Waals surface area contributed by atoms with Gasteiger partial charge in [0.25, 0.3) is 5.91 Å². The first-order valence-electron chi connectivity index (χ1n) is 11.4. The van der Waals surface area contributed by atoms with Gasteiger partial charge in [-0.15, -0.1) is 0 Å². The number of carbonyl (C=O) groups excluding carboxylic acids is 1. The van der Waals surface area contributed by atoms with Gasteiger partial charge in [0.15, 0.2) is 0 Å². The lowest BCUT2D eigenvalue weighted by Gasteiger charge is -2.61. The van der Waals surface area contributed by atoms with Crippen LogP contribution in [-0.4, -0.2) is 98.3 Å². The summed E-state index contributed by atoms with van der Waals surface area (Å²) in [5.41, 5.74) is 1.32. The van der Waals surface area contributed by atoms with Crippen LogP contribution in [-0.2, 0) is 6.54 Å². The predicted molar refractivity (Wildman–Crippen MR) is 122 cm³/mol. The molecule has 2 atom stereocenters. The van der Waals surface area contributed by atoms with Crippen LogP contribution in [0.1, 0.15) is 43.1 Å². The highest BCUT2D eigenvalue weighted by Crippen LogP contribution is 2.39. The standard InChI is InChI=1S/C25H27N3O6/c29-21-9-20-11-27(22(30)17-4-2-6-19(8-17)24(33)34)15-25(28(20)12-21)13-26(14-25)10-16-3-1-5-18(7-16)23(31)32/h1-8,20-21,29H,9-15H2,(H,31,32)(H,33,34). The van der Waals surface area contributed by atoms with Crippen molar-refractivity contribution in [1.82, 2.24) is 14.7 Å². The normalized spacial score (nSPS) is 24.0. The summed E-state index contributed by atoms with van der Waals surface area (Å²) in [6, 6.07) is 13.1. The van der Waals surface area contributed by atoms with Gasteiger partial charge in [0.2, 0.25) is 0 Å². The molecule has 34 heavy (non-hydrogen) atoms. The van der Waals surface area contributed by atoms with Crippen molar-refractivity contribution in [2.75, 3.05) is 32.7 Å². The number of aliphatic hydroxyl groups is 1. The van der Waals surface area contributed by atoms with E-state index in [9.17, 15) is 29.7 Å². The first-order chi connectivity index (χ1) is 16.2. The molecule has 3 heterocycles. The number of benzene rings is 2. The molecule has 0 bridgehead atoms. The van der Waals surface area contributed by atoms with Gasteiger partial charge in [-0.05, 0) is 42.3 Å². The molecule has 1 amide bonds. The molecule has 9 heteroatoms. The Morgan fingerprint density at radius 2 is 1.53 bits per heavy atom. The third-order valence-corrected chi connectivity index (χ3v) is 7.18. The van der Waals surface area contributed by atoms with E-state index in [0.717, 1.165) is 5.56 Å². The SMILES string of the molecule is O=C(O)c1cccc(CN2CC3(C2)CN(C(=O)c2cccc(C(=O)O)c2)CC2CC(O)CN23)c1. The summed E-state index contributed by atoms with van der Waals surface area (Å²) in [5, 5.41) is 28.9. The Morgan fingerprint density at radius 1 is 0.882 bits per heavy atom. The lowest BCUT2D eigenvalue weighted by atomic mass is 9.83. The van der Waals surface area contributed by atoms with Crippen molar-refractivity contribution in [3.05, 3.63) is 70.8 Å². The fourth-order valence-corrected chi connectivity index (χ4v) is 5.77. The van der Waals surface area contributed by atoms with E-state index in [1.807, 2.05) is 6.07 Å². The molecule has 178 valence electrons. The highest BCUT2D eigenvalue weighted by Gasteiger charge is 2.56. The molecule has 3 aliphatic rings. The second kappa shape index (κ2) is 8.50. The Morgan fingerprint density at radius 3 is 2.24 bits per heavy atom. The first kappa shape index (κ1) is 22.5. The number of β-amino-alcohol motifs (C(OH)–C–C–N with tert-alkyl or cyclic N) is 1. The Hall–Kier alpha value is -3.27. The van der Waals surface area contributed by atoms with Crippen LogP contribution in [0.2, 0.25) is 0 Å². The maximum Gasteiger partial charge on any atom is 0.335 e. The number of aromatic carboxylic acids is 2. The number of aliphatic hydroxyl groups excluding tert-OH is 1. The zero-order chi connectivity index (χ0) is 24.0. The van der Waals surface area contributed by atoms with Gasteiger partial charge in [-0.3, -0.25) is 14.6 Å². The average molecular weight is 466 g/mol. The molecule has 0 aromatic heterocycles. The predicted octanol–water partition coefficient (Wildman–Crippen LogP) is 1.23. The number of carboxylic acids is 2. The average Bonchev–Trinajstić information content (AvgIpc) is 3.18. The van der Waals surface area contributed by atoms with Gasteiger partial charge >= 0.3 is 11.9 Å². The number of fused-ring (bicyclic) bond motifs is 2. The van der Waals surface area contributed by atoms with Gasteiger partial charge in [-0.2, -0.15) is 0 Å². The van der Waals surface area contributed by atoms with Crippen LogP contribution in [0.4, 0.5) is 0 Å². The molecule has 0 saturated carbocycles. The lowest BCUT2D eigenvalue weighted by Crippen LogP contribution is -2.78. The van der Waals surface area contributed by atoms with E-state index >= 15 is 0 Å². The van der Waals surface area contributed by atoms with Gasteiger partial charge in [0, 0.05) is 50.9 Å². The Labute approximate surface area is 196 Å². The van der Waals surface area contributed by atoms with E-state index < -0.39 is 18.0 Å². The molecule has 2 unspecified atom stereocenters. The largest absolute Gasteiger partial charge is 0.478 e. The Bertz CT molecular complexity index is 1140. The smallest absolute Gasteiger partial charge is 0.335 e. The first-order valence-corrected chi connectivity index (χ1v) is 11.4. The van der Waals surface area contributed by atoms with E-state index in [4.69, 9.17) is 0 Å². The lowest BCUT2D eigenvalue weighted by molar-refractivity contribution is -0.108. The van der Waals surface area contributed by atoms with Crippen molar-refractivity contribution in [3.63, 3.8) is 0 Å². The maximum atomic E-state index is 13.3. The molecular formula is C25H27N3O6. The summed E-state index contributed by atoms with van der Waals surface area (Å²) in [6.07, 6.45) is 0.162. The molecule has 2 aromatic rings. The fourth-order valence-electron chi connectivity index (χ4n) is 5.77. The quantitative estimate of drug-likeness (QED) is 0.603. The number of rotatable bonds is 5. The highest BCUT2D eigenvalue weighted by atomic mass is 16.4. The molecule has 3 N–H and O–H groups in total. The molecule has 0 radical (unpaired) electrons. The summed E-state index contributed by atoms with van der Waals surface area (Å²) in [7, 11) is 0. The van der Waals surface area contributed by atoms with Crippen LogP contribution in [0.25, 0.3) is 0 Å². The maximum absolute atomic E-state index is 13.3. The summed E-state index contributed by atoms with van der Waals surface area (Å²) in [5.74, 6) is -2.23. The number of carboxylic acid groups (broad SMARTS) is 2. The fraction of sp³-hybridized carbons (Fsp3) is 0.400. The van der Waals surface area contributed by atoms with Gasteiger partial charge < -0.3 is 20.2 Å². The molecule has 2 aromatic carbocycles. The van der Waals surface area contributed by atoms with Crippen molar-refractivity contribution in [2.24, 2.45) is 0 Å². The summed E-state index contributed by atoms with van der Waals surface area (Å²) in [6.45, 7) is 3.58. The van der Waals surface area contributed by atoms with Crippen LogP contribution < -0.4 is 0 Å². The minimum Gasteiger partial charge on any atom is -0.478 e. The van der Waals surface area contributed by atoms with Gasteiger partial charge in [0.05, 0.1) is 22.8 Å². The zero-order valence-corrected chi connectivity index (χ0v) is 18.6. The third-order valence-electron chi connectivity index (χ3n) is 7.18. The van der Waals surface area contributed by atoms with Gasteiger partial charge in [-0.1, -0.05) is 18.2 Å². The van der Waals surface area contributed by atoms with E-state index in [1.54, 1.807) is 35.2 Å². The zero-order valence-electron chi connectivity index (χ0n) is 18.6. The molecular weight excluding hydrogens is 438 g/mol. The number of amides is 1. The number of carbonyl (C=O) groups is 3. The molecule has 1 spiro atoms. The van der Waals surface area contributed by atoms with Crippen molar-refractivity contribution >= 4 is 17.8 Å². The van der Waals surface area contributed by atoms with Crippen LogP contribution >= 0.6 is 0 Å². The topological polar surface area (TPSA) is 122 Å². The Balaban J connectivity index is 1.33. The Kier molecular flexibility index (Phi) is 5.63. The molecule has 5 rings (SSSR count). The van der Waals surface area contributed by atoms with Crippen molar-refractivity contribution < 1.29 is 29.7 Å². The highest BCUT2D eigenvalue weighted by molar-refractivity contribution is 5.97. The number of likely N-dealkylation sites (tertiary alicyclic amines) is 1. The third kappa shape index (κ3) is 4.06. The summed E-state index contributed by atoms with van der Waals surface area (Å²) < 4.78 is 0. The van der Waals surface area contributed by atoms with E-state index in [2.05, 4.69) is 9.80 Å². The summed E-state index contributed by atoms with van der Waals surface area (Å²) in [4.78, 5) is 42.3. The van der Waals surface area contributed by atoms with Gasteiger partial charge in [0.1, 0.15) is 0 Å². The number of hydrogen-bond acceptors (Lipinski definition) is 6. The number of hydrogen-bond donors (Lipinski definition) is 3. The van der Waals surface area contributed by atoms with Crippen molar-refractivity contribution in [1.29, 1.82) is 0 Å². The number of nitrogens with zero attached hydrogens (tertiary/aromatic N) is 3. The van der Waals surface area contributed by atoms with Crippen LogP contribution in [0, 0.1) is 0 Å². The second-order valence-electron chi connectivity index (χ2n) is 9.64. The summed E-state index contributed by atoms with van der Waals surface area (Å²) >= 11 is 0. The van der Waals surface area contributed by atoms with Crippen molar-refractivity contribution in [3.8, 4) is 0 Å².